The third-order valence-corrected chi connectivity index (χ3v) is 7.27. The Hall–Kier alpha value is -4.06. The van der Waals surface area contributed by atoms with Crippen molar-refractivity contribution < 1.29 is 14.4 Å². The summed E-state index contributed by atoms with van der Waals surface area (Å²) in [5.41, 5.74) is 21.4. The van der Waals surface area contributed by atoms with Gasteiger partial charge in [-0.2, -0.15) is 5.10 Å². The van der Waals surface area contributed by atoms with Crippen molar-refractivity contribution in [3.05, 3.63) is 59.3 Å². The largest absolute Gasteiger partial charge is 0.398 e. The number of carbonyl (C=O) groups excluding carboxylic acids is 3. The van der Waals surface area contributed by atoms with Crippen LogP contribution in [0.4, 0.5) is 5.69 Å². The molecule has 0 spiro atoms. The number of nitrogens with zero attached hydrogens (tertiary/aromatic N) is 5. The highest BCUT2D eigenvalue weighted by molar-refractivity contribution is 6.09. The molecule has 0 aliphatic carbocycles. The number of fused-ring (bicyclic) bond motifs is 2. The highest BCUT2D eigenvalue weighted by atomic mass is 16.2. The van der Waals surface area contributed by atoms with Crippen molar-refractivity contribution >= 4 is 34.7 Å². The average Bonchev–Trinajstić information content (AvgIpc) is 3.49. The fraction of sp³-hybridized carbons (Fsp3) is 0.357. The van der Waals surface area contributed by atoms with Crippen molar-refractivity contribution in [2.75, 3.05) is 58.6 Å². The second-order valence-corrected chi connectivity index (χ2v) is 9.64. The number of aromatic nitrogens is 2. The number of aryl methyl sites for hydroxylation is 1. The summed E-state index contributed by atoms with van der Waals surface area (Å²) in [6, 6.07) is 7.48. The van der Waals surface area contributed by atoms with E-state index >= 15 is 0 Å². The fourth-order valence-electron chi connectivity index (χ4n) is 5.29. The molecule has 39 heavy (non-hydrogen) atoms. The van der Waals surface area contributed by atoms with E-state index in [1.165, 1.54) is 7.05 Å². The van der Waals surface area contributed by atoms with Crippen molar-refractivity contribution in [3.63, 3.8) is 0 Å². The first-order valence-corrected chi connectivity index (χ1v) is 12.9. The number of nitrogens with two attached hydrogens (primary N) is 3. The number of hydrogen-bond acceptors (Lipinski definition) is 8. The Labute approximate surface area is 227 Å². The van der Waals surface area contributed by atoms with Crippen LogP contribution in [0.1, 0.15) is 26.3 Å². The lowest BCUT2D eigenvalue weighted by Gasteiger charge is -2.34. The second-order valence-electron chi connectivity index (χ2n) is 9.64. The Bertz CT molecular complexity index is 1420. The number of hydrogen-bond donors (Lipinski definition) is 3. The summed E-state index contributed by atoms with van der Waals surface area (Å²) >= 11 is 0. The van der Waals surface area contributed by atoms with Gasteiger partial charge in [0.05, 0.1) is 22.8 Å². The van der Waals surface area contributed by atoms with Crippen LogP contribution in [0.3, 0.4) is 0 Å². The Morgan fingerprint density at radius 2 is 1.87 bits per heavy atom. The molecule has 0 atom stereocenters. The van der Waals surface area contributed by atoms with Gasteiger partial charge in [0, 0.05) is 76.1 Å². The first-order valence-electron chi connectivity index (χ1n) is 12.9. The molecule has 0 radical (unpaired) electrons. The molecule has 1 aromatic heterocycles. The zero-order valence-electron chi connectivity index (χ0n) is 22.5. The quantitative estimate of drug-likeness (QED) is 0.229. The molecule has 2 amide bonds. The first-order chi connectivity index (χ1) is 18.8. The van der Waals surface area contributed by atoms with Gasteiger partial charge in [-0.25, -0.2) is 0 Å². The maximum Gasteiger partial charge on any atom is 0.256 e. The molecule has 1 saturated heterocycles. The molecule has 11 nitrogen and oxygen atoms in total. The number of benzene rings is 2. The van der Waals surface area contributed by atoms with E-state index in [0.717, 1.165) is 47.2 Å². The van der Waals surface area contributed by atoms with Crippen LogP contribution in [0.25, 0.3) is 22.0 Å². The molecule has 0 bridgehead atoms. The molecule has 1 fully saturated rings. The van der Waals surface area contributed by atoms with E-state index < -0.39 is 0 Å². The highest BCUT2D eigenvalue weighted by Crippen LogP contribution is 2.38. The monoisotopic (exact) mass is 532 g/mol. The van der Waals surface area contributed by atoms with Crippen molar-refractivity contribution in [2.24, 2.45) is 18.5 Å². The summed E-state index contributed by atoms with van der Waals surface area (Å²) < 4.78 is 1.75. The number of amides is 2. The minimum atomic E-state index is -0.231. The van der Waals surface area contributed by atoms with Gasteiger partial charge in [-0.05, 0) is 41.9 Å². The zero-order valence-corrected chi connectivity index (χ0v) is 22.5. The van der Waals surface area contributed by atoms with Gasteiger partial charge in [0.15, 0.2) is 0 Å². The number of carbonyl (C=O) groups is 3. The topological polar surface area (TPSA) is 157 Å². The maximum atomic E-state index is 13.7. The van der Waals surface area contributed by atoms with E-state index in [9.17, 15) is 14.4 Å². The van der Waals surface area contributed by atoms with E-state index in [2.05, 4.69) is 22.3 Å². The van der Waals surface area contributed by atoms with Crippen LogP contribution in [0.15, 0.2) is 42.6 Å². The fourth-order valence-corrected chi connectivity index (χ4v) is 5.29. The minimum Gasteiger partial charge on any atom is -0.398 e. The number of nitrogen functional groups attached to an aromatic ring is 1. The van der Waals surface area contributed by atoms with Gasteiger partial charge in [-0.15, -0.1) is 0 Å². The molecule has 6 N–H and O–H groups in total. The smallest absolute Gasteiger partial charge is 0.256 e. The molecule has 0 unspecified atom stereocenters. The van der Waals surface area contributed by atoms with Crippen LogP contribution in [-0.4, -0.2) is 95.4 Å². The normalized spacial score (nSPS) is 15.2. The van der Waals surface area contributed by atoms with E-state index in [1.807, 2.05) is 30.1 Å². The molecule has 3 aromatic rings. The lowest BCUT2D eigenvalue weighted by Crippen LogP contribution is -2.49. The minimum absolute atomic E-state index is 0.0423. The molecule has 2 aromatic carbocycles. The summed E-state index contributed by atoms with van der Waals surface area (Å²) in [5.74, 6) is -0.273. The van der Waals surface area contributed by atoms with E-state index in [1.54, 1.807) is 21.8 Å². The molecular formula is C28H36N8O3. The number of piperazine rings is 1. The number of rotatable bonds is 7. The Kier molecular flexibility index (Phi) is 8.44. The summed E-state index contributed by atoms with van der Waals surface area (Å²) in [6.07, 6.45) is 2.38. The molecular weight excluding hydrogens is 496 g/mol. The third kappa shape index (κ3) is 5.29. The van der Waals surface area contributed by atoms with Crippen LogP contribution < -0.4 is 17.2 Å². The van der Waals surface area contributed by atoms with Gasteiger partial charge in [0.2, 0.25) is 0 Å². The van der Waals surface area contributed by atoms with Gasteiger partial charge >= 0.3 is 0 Å². The molecule has 5 rings (SSSR count). The summed E-state index contributed by atoms with van der Waals surface area (Å²) in [7, 11) is 3.34. The van der Waals surface area contributed by atoms with Crippen LogP contribution in [-0.2, 0) is 18.4 Å². The van der Waals surface area contributed by atoms with Gasteiger partial charge in [0.25, 0.3) is 11.8 Å². The zero-order chi connectivity index (χ0) is 28.3. The van der Waals surface area contributed by atoms with Gasteiger partial charge in [0.1, 0.15) is 6.29 Å². The molecule has 2 aliphatic heterocycles. The maximum absolute atomic E-state index is 13.7. The van der Waals surface area contributed by atoms with Crippen molar-refractivity contribution in [1.29, 1.82) is 0 Å². The van der Waals surface area contributed by atoms with Crippen LogP contribution in [0, 0.1) is 0 Å². The third-order valence-electron chi connectivity index (χ3n) is 7.27. The van der Waals surface area contributed by atoms with Gasteiger partial charge < -0.3 is 27.0 Å². The summed E-state index contributed by atoms with van der Waals surface area (Å²) in [6.45, 7) is 8.40. The van der Waals surface area contributed by atoms with E-state index in [4.69, 9.17) is 11.5 Å². The van der Waals surface area contributed by atoms with Gasteiger partial charge in [-0.1, -0.05) is 12.6 Å². The van der Waals surface area contributed by atoms with Crippen LogP contribution in [0.5, 0.6) is 0 Å². The van der Waals surface area contributed by atoms with Crippen LogP contribution in [0.2, 0.25) is 0 Å². The lowest BCUT2D eigenvalue weighted by molar-refractivity contribution is -0.105. The van der Waals surface area contributed by atoms with E-state index in [0.29, 0.717) is 54.9 Å². The standard InChI is InChI=1S/C27H31N7O3.CH5N/c1-17(16-35)14-34-15-22-19(3-4-23(29)25(22)27(34)37)18-11-20(21-13-30-31(2)24(21)12-18)26(36)33-9-7-32(6-5-28)8-10-33;1-2/h3-4,11-13,16H,1,5-10,14-15,28-29H2,2H3;2H2,1H3. The lowest BCUT2D eigenvalue weighted by atomic mass is 9.93. The number of anilines is 1. The van der Waals surface area contributed by atoms with E-state index in [-0.39, 0.29) is 18.4 Å². The average molecular weight is 533 g/mol. The Balaban J connectivity index is 0.00000172. The summed E-state index contributed by atoms with van der Waals surface area (Å²) in [5, 5.41) is 5.19. The SMILES string of the molecule is C=C(C=O)CN1Cc2c(-c3cc(C(=O)N4CCN(CCN)CC4)c4cnn(C)c4c3)ccc(N)c2C1=O.CN. The number of aldehydes is 1. The second kappa shape index (κ2) is 11.8. The molecule has 2 aliphatic rings. The van der Waals surface area contributed by atoms with Gasteiger partial charge in [-0.3, -0.25) is 24.0 Å². The molecule has 206 valence electrons. The highest BCUT2D eigenvalue weighted by Gasteiger charge is 2.33. The summed E-state index contributed by atoms with van der Waals surface area (Å²) in [4.78, 5) is 43.7. The predicted octanol–water partition coefficient (Wildman–Crippen LogP) is 0.825. The van der Waals surface area contributed by atoms with Crippen molar-refractivity contribution in [1.82, 2.24) is 24.5 Å². The van der Waals surface area contributed by atoms with Crippen molar-refractivity contribution in [2.45, 2.75) is 6.54 Å². The Morgan fingerprint density at radius 3 is 2.54 bits per heavy atom. The van der Waals surface area contributed by atoms with Crippen LogP contribution >= 0.6 is 0 Å². The first kappa shape index (κ1) is 28.0. The molecule has 0 saturated carbocycles. The molecule has 3 heterocycles. The molecule has 11 heteroatoms. The van der Waals surface area contributed by atoms with Crippen molar-refractivity contribution in [3.8, 4) is 11.1 Å². The predicted molar refractivity (Wildman–Crippen MR) is 152 cm³/mol. The Morgan fingerprint density at radius 1 is 1.15 bits per heavy atom.